The van der Waals surface area contributed by atoms with Gasteiger partial charge >= 0.3 is 0 Å². The Morgan fingerprint density at radius 3 is 2.38 bits per heavy atom. The quantitative estimate of drug-likeness (QED) is 0.304. The summed E-state index contributed by atoms with van der Waals surface area (Å²) in [6.45, 7) is 0. The fraction of sp³-hybridized carbons (Fsp3) is 0.222. The molecule has 1 amide bonds. The van der Waals surface area contributed by atoms with Crippen molar-refractivity contribution in [2.24, 2.45) is 0 Å². The third-order valence-electron chi connectivity index (χ3n) is 3.62. The van der Waals surface area contributed by atoms with E-state index in [1.807, 2.05) is 0 Å². The summed E-state index contributed by atoms with van der Waals surface area (Å²) in [5, 5.41) is 8.76. The van der Waals surface area contributed by atoms with Crippen LogP contribution >= 0.6 is 58.6 Å². The van der Waals surface area contributed by atoms with E-state index in [1.54, 1.807) is 36.4 Å². The van der Waals surface area contributed by atoms with Crippen LogP contribution in [0.25, 0.3) is 0 Å². The van der Waals surface area contributed by atoms with E-state index in [0.717, 1.165) is 0 Å². The van der Waals surface area contributed by atoms with Crippen molar-refractivity contribution in [1.82, 2.24) is 10.6 Å². The van der Waals surface area contributed by atoms with E-state index in [2.05, 4.69) is 16.0 Å². The van der Waals surface area contributed by atoms with Crippen LogP contribution in [0.1, 0.15) is 10.4 Å². The summed E-state index contributed by atoms with van der Waals surface area (Å²) >= 11 is 29.2. The molecule has 2 aromatic carbocycles. The van der Waals surface area contributed by atoms with Gasteiger partial charge in [0, 0.05) is 16.7 Å². The highest BCUT2D eigenvalue weighted by Gasteiger charge is 2.35. The number of amides is 1. The number of rotatable bonds is 6. The highest BCUT2D eigenvalue weighted by atomic mass is 35.6. The predicted molar refractivity (Wildman–Crippen MR) is 122 cm³/mol. The van der Waals surface area contributed by atoms with Gasteiger partial charge in [0.05, 0.1) is 19.9 Å². The second-order valence-corrected chi connectivity index (χ2v) is 8.84. The lowest BCUT2D eigenvalue weighted by molar-refractivity contribution is 0.0934. The molecule has 0 unspecified atom stereocenters. The maximum Gasteiger partial charge on any atom is 0.253 e. The number of thiocarbonyl (C=S) groups is 1. The Hall–Kier alpha value is -1.64. The van der Waals surface area contributed by atoms with Crippen LogP contribution in [0.5, 0.6) is 11.5 Å². The molecule has 0 radical (unpaired) electrons. The number of hydrogen-bond acceptors (Lipinski definition) is 4. The predicted octanol–water partition coefficient (Wildman–Crippen LogP) is 4.77. The molecule has 156 valence electrons. The highest BCUT2D eigenvalue weighted by molar-refractivity contribution is 7.80. The fourth-order valence-corrected chi connectivity index (χ4v) is 2.99. The number of anilines is 1. The van der Waals surface area contributed by atoms with Gasteiger partial charge in [-0.05, 0) is 42.5 Å². The van der Waals surface area contributed by atoms with Crippen LogP contribution in [0, 0.1) is 0 Å². The summed E-state index contributed by atoms with van der Waals surface area (Å²) in [5.41, 5.74) is 0.820. The number of benzene rings is 2. The maximum atomic E-state index is 12.5. The Labute approximate surface area is 193 Å². The Morgan fingerprint density at radius 2 is 1.79 bits per heavy atom. The lowest BCUT2D eigenvalue weighted by Crippen LogP contribution is -2.56. The zero-order valence-electron chi connectivity index (χ0n) is 15.3. The summed E-state index contributed by atoms with van der Waals surface area (Å²) in [4.78, 5) is 12.5. The topological polar surface area (TPSA) is 71.6 Å². The molecule has 0 saturated heterocycles. The van der Waals surface area contributed by atoms with Crippen molar-refractivity contribution >= 4 is 75.3 Å². The minimum absolute atomic E-state index is 0.0827. The van der Waals surface area contributed by atoms with Gasteiger partial charge < -0.3 is 25.4 Å². The molecule has 29 heavy (non-hydrogen) atoms. The molecule has 0 heterocycles. The zero-order chi connectivity index (χ0) is 21.6. The van der Waals surface area contributed by atoms with Gasteiger partial charge in [-0.3, -0.25) is 4.79 Å². The second-order valence-electron chi connectivity index (χ2n) is 5.62. The van der Waals surface area contributed by atoms with Gasteiger partial charge in [0.1, 0.15) is 17.7 Å². The molecule has 0 saturated carbocycles. The normalized spacial score (nSPS) is 11.9. The van der Waals surface area contributed by atoms with E-state index in [-0.39, 0.29) is 5.11 Å². The molecule has 6 nitrogen and oxygen atoms in total. The largest absolute Gasteiger partial charge is 0.497 e. The third-order valence-corrected chi connectivity index (χ3v) is 4.73. The molecular weight excluding hydrogens is 480 g/mol. The molecule has 0 bridgehead atoms. The molecular formula is C18H17Cl4N3O3S. The lowest BCUT2D eigenvalue weighted by Gasteiger charge is -2.28. The standard InChI is InChI=1S/C18H17Cl4N3O3S/c1-27-12-6-7-14(28-2)13(9-12)23-17(29)25-16(18(20,21)22)24-15(26)10-4-3-5-11(19)8-10/h3-9,16H,1-2H3,(H,24,26)(H2,23,25,29)/t16-/m1/s1. The van der Waals surface area contributed by atoms with Crippen molar-refractivity contribution < 1.29 is 14.3 Å². The number of methoxy groups -OCH3 is 2. The first-order valence-corrected chi connectivity index (χ1v) is 9.98. The first kappa shape index (κ1) is 23.6. The number of carbonyl (C=O) groups is 1. The summed E-state index contributed by atoms with van der Waals surface area (Å²) in [6, 6.07) is 11.5. The van der Waals surface area contributed by atoms with Crippen LogP contribution in [-0.4, -0.2) is 35.2 Å². The van der Waals surface area contributed by atoms with Gasteiger partial charge in [-0.1, -0.05) is 52.5 Å². The molecule has 11 heteroatoms. The second kappa shape index (κ2) is 10.4. The SMILES string of the molecule is COc1ccc(OC)c(NC(=S)N[C@@H](NC(=O)c2cccc(Cl)c2)C(Cl)(Cl)Cl)c1. The summed E-state index contributed by atoms with van der Waals surface area (Å²) in [7, 11) is 3.05. The summed E-state index contributed by atoms with van der Waals surface area (Å²) in [5.74, 6) is 0.602. The van der Waals surface area contributed by atoms with Gasteiger partial charge in [0.15, 0.2) is 5.11 Å². The molecule has 0 aromatic heterocycles. The lowest BCUT2D eigenvalue weighted by atomic mass is 10.2. The molecule has 0 aliphatic rings. The van der Waals surface area contributed by atoms with Crippen molar-refractivity contribution in [3.8, 4) is 11.5 Å². The Kier molecular flexibility index (Phi) is 8.48. The molecule has 2 aromatic rings. The molecule has 2 rings (SSSR count). The summed E-state index contributed by atoms with van der Waals surface area (Å²) in [6.07, 6.45) is -1.14. The van der Waals surface area contributed by atoms with Crippen molar-refractivity contribution in [3.05, 3.63) is 53.1 Å². The van der Waals surface area contributed by atoms with E-state index < -0.39 is 15.9 Å². The van der Waals surface area contributed by atoms with Crippen molar-refractivity contribution in [3.63, 3.8) is 0 Å². The Bertz CT molecular complexity index is 893. The van der Waals surface area contributed by atoms with Crippen molar-refractivity contribution in [2.75, 3.05) is 19.5 Å². The van der Waals surface area contributed by atoms with E-state index >= 15 is 0 Å². The molecule has 1 atom stereocenters. The molecule has 0 aliphatic carbocycles. The van der Waals surface area contributed by atoms with Gasteiger partial charge in [-0.2, -0.15) is 0 Å². The molecule has 0 fully saturated rings. The number of alkyl halides is 3. The Balaban J connectivity index is 2.14. The first-order valence-electron chi connectivity index (χ1n) is 8.06. The molecule has 0 aliphatic heterocycles. The van der Waals surface area contributed by atoms with Crippen LogP contribution in [-0.2, 0) is 0 Å². The Morgan fingerprint density at radius 1 is 1.07 bits per heavy atom. The van der Waals surface area contributed by atoms with E-state index in [1.165, 1.54) is 20.3 Å². The van der Waals surface area contributed by atoms with Crippen LogP contribution in [0.2, 0.25) is 5.02 Å². The van der Waals surface area contributed by atoms with Crippen LogP contribution < -0.4 is 25.4 Å². The van der Waals surface area contributed by atoms with E-state index in [9.17, 15) is 4.79 Å². The number of nitrogens with one attached hydrogen (secondary N) is 3. The van der Waals surface area contributed by atoms with Gasteiger partial charge in [-0.15, -0.1) is 0 Å². The van der Waals surface area contributed by atoms with Crippen LogP contribution in [0.4, 0.5) is 5.69 Å². The van der Waals surface area contributed by atoms with Crippen LogP contribution in [0.15, 0.2) is 42.5 Å². The first-order chi connectivity index (χ1) is 13.6. The zero-order valence-corrected chi connectivity index (χ0v) is 19.1. The minimum Gasteiger partial charge on any atom is -0.497 e. The average molecular weight is 497 g/mol. The maximum absolute atomic E-state index is 12.5. The van der Waals surface area contributed by atoms with Gasteiger partial charge in [-0.25, -0.2) is 0 Å². The van der Waals surface area contributed by atoms with Gasteiger partial charge in [0.25, 0.3) is 5.91 Å². The highest BCUT2D eigenvalue weighted by Crippen LogP contribution is 2.31. The number of carbonyl (C=O) groups excluding carboxylic acids is 1. The summed E-state index contributed by atoms with van der Waals surface area (Å²) < 4.78 is 8.57. The number of ether oxygens (including phenoxy) is 2. The van der Waals surface area contributed by atoms with Crippen molar-refractivity contribution in [2.45, 2.75) is 9.96 Å². The van der Waals surface area contributed by atoms with Crippen LogP contribution in [0.3, 0.4) is 0 Å². The minimum atomic E-state index is -1.90. The third kappa shape index (κ3) is 6.97. The number of halogens is 4. The molecule has 3 N–H and O–H groups in total. The van der Waals surface area contributed by atoms with Crippen molar-refractivity contribution in [1.29, 1.82) is 0 Å². The van der Waals surface area contributed by atoms with E-state index in [0.29, 0.717) is 27.8 Å². The average Bonchev–Trinajstić information content (AvgIpc) is 2.66. The number of hydrogen-bond donors (Lipinski definition) is 3. The van der Waals surface area contributed by atoms with E-state index in [4.69, 9.17) is 68.1 Å². The monoisotopic (exact) mass is 495 g/mol. The van der Waals surface area contributed by atoms with Gasteiger partial charge in [0.2, 0.25) is 3.79 Å². The smallest absolute Gasteiger partial charge is 0.253 e. The fourth-order valence-electron chi connectivity index (χ4n) is 2.25. The molecule has 0 spiro atoms.